The number of rotatable bonds is 6. The highest BCUT2D eigenvalue weighted by Gasteiger charge is 2.28. The fourth-order valence-corrected chi connectivity index (χ4v) is 4.12. The Balaban J connectivity index is 1.43. The van der Waals surface area contributed by atoms with Gasteiger partial charge in [-0.2, -0.15) is 5.26 Å². The molecular formula is C26H27FN6O3. The molecule has 2 amide bonds. The van der Waals surface area contributed by atoms with Crippen LogP contribution in [0.3, 0.4) is 0 Å². The van der Waals surface area contributed by atoms with Gasteiger partial charge in [0, 0.05) is 29.7 Å². The Bertz CT molecular complexity index is 1330. The van der Waals surface area contributed by atoms with Crippen LogP contribution in [0, 0.1) is 24.2 Å². The highest BCUT2D eigenvalue weighted by molar-refractivity contribution is 5.98. The Labute approximate surface area is 208 Å². The minimum absolute atomic E-state index is 0.0375. The van der Waals surface area contributed by atoms with Crippen molar-refractivity contribution in [2.24, 2.45) is 4.99 Å². The van der Waals surface area contributed by atoms with Gasteiger partial charge in [0.15, 0.2) is 6.19 Å². The fourth-order valence-electron chi connectivity index (χ4n) is 4.12. The first kappa shape index (κ1) is 24.7. The largest absolute Gasteiger partial charge is 0.461 e. The molecule has 2 heterocycles. The average Bonchev–Trinajstić information content (AvgIpc) is 3.14. The number of fused-ring (bicyclic) bond motifs is 1. The molecule has 186 valence electrons. The Morgan fingerprint density at radius 2 is 2.08 bits per heavy atom. The molecule has 0 unspecified atom stereocenters. The van der Waals surface area contributed by atoms with Crippen molar-refractivity contribution in [3.8, 4) is 6.19 Å². The second-order valence-corrected chi connectivity index (χ2v) is 8.59. The molecule has 1 saturated heterocycles. The highest BCUT2D eigenvalue weighted by atomic mass is 19.1. The van der Waals surface area contributed by atoms with Gasteiger partial charge in [-0.3, -0.25) is 14.9 Å². The van der Waals surface area contributed by atoms with E-state index in [9.17, 15) is 19.2 Å². The van der Waals surface area contributed by atoms with Crippen LogP contribution in [0.5, 0.6) is 0 Å². The second kappa shape index (κ2) is 11.4. The molecule has 0 saturated carbocycles. The first-order chi connectivity index (χ1) is 17.4. The van der Waals surface area contributed by atoms with Gasteiger partial charge >= 0.3 is 0 Å². The summed E-state index contributed by atoms with van der Waals surface area (Å²) in [6, 6.07) is 12.8. The van der Waals surface area contributed by atoms with Crippen LogP contribution in [-0.4, -0.2) is 41.8 Å². The lowest BCUT2D eigenvalue weighted by Crippen LogP contribution is -2.44. The number of benzene rings is 2. The van der Waals surface area contributed by atoms with Crippen LogP contribution in [0.2, 0.25) is 0 Å². The predicted octanol–water partition coefficient (Wildman–Crippen LogP) is 3.42. The number of hydrogen-bond donors (Lipinski definition) is 3. The van der Waals surface area contributed by atoms with Gasteiger partial charge in [-0.25, -0.2) is 9.38 Å². The van der Waals surface area contributed by atoms with E-state index in [1.54, 1.807) is 24.3 Å². The Morgan fingerprint density at radius 1 is 1.25 bits per heavy atom. The lowest BCUT2D eigenvalue weighted by molar-refractivity contribution is -0.136. The van der Waals surface area contributed by atoms with Crippen molar-refractivity contribution in [1.29, 1.82) is 5.26 Å². The molecule has 1 aliphatic rings. The molecule has 4 rings (SSSR count). The van der Waals surface area contributed by atoms with Crippen molar-refractivity contribution in [2.75, 3.05) is 18.4 Å². The summed E-state index contributed by atoms with van der Waals surface area (Å²) in [4.78, 5) is 31.6. The number of nitrogens with zero attached hydrogens (tertiary/aromatic N) is 3. The summed E-state index contributed by atoms with van der Waals surface area (Å²) >= 11 is 0. The Morgan fingerprint density at radius 3 is 2.89 bits per heavy atom. The number of aliphatic imine (C=N–C) groups is 1. The summed E-state index contributed by atoms with van der Waals surface area (Å²) in [7, 11) is 0. The number of carbonyl (C=O) groups excluding carboxylic acids is 2. The van der Waals surface area contributed by atoms with E-state index in [1.165, 1.54) is 11.0 Å². The molecule has 0 spiro atoms. The van der Waals surface area contributed by atoms with Crippen molar-refractivity contribution in [1.82, 2.24) is 15.5 Å². The van der Waals surface area contributed by atoms with E-state index in [1.807, 2.05) is 31.3 Å². The smallest absolute Gasteiger partial charge is 0.247 e. The van der Waals surface area contributed by atoms with E-state index in [0.717, 1.165) is 29.6 Å². The molecule has 0 aliphatic carbocycles. The topological polar surface area (TPSA) is 123 Å². The van der Waals surface area contributed by atoms with E-state index < -0.39 is 11.9 Å². The molecule has 1 aliphatic heterocycles. The number of carbonyl (C=O) groups is 2. The fraction of sp³-hybridized carbons (Fsp3) is 0.308. The van der Waals surface area contributed by atoms with Gasteiger partial charge in [0.2, 0.25) is 17.8 Å². The molecule has 0 radical (unpaired) electrons. The minimum atomic E-state index is -0.755. The van der Waals surface area contributed by atoms with Gasteiger partial charge in [0.25, 0.3) is 0 Å². The molecule has 9 nitrogen and oxygen atoms in total. The van der Waals surface area contributed by atoms with Crippen LogP contribution in [0.25, 0.3) is 11.0 Å². The predicted molar refractivity (Wildman–Crippen MR) is 133 cm³/mol. The van der Waals surface area contributed by atoms with Crippen molar-refractivity contribution >= 4 is 34.4 Å². The van der Waals surface area contributed by atoms with Crippen LogP contribution < -0.4 is 16.0 Å². The van der Waals surface area contributed by atoms with Crippen LogP contribution in [0.1, 0.15) is 30.6 Å². The third kappa shape index (κ3) is 6.18. The quantitative estimate of drug-likeness (QED) is 0.211. The van der Waals surface area contributed by atoms with Gasteiger partial charge < -0.3 is 20.0 Å². The van der Waals surface area contributed by atoms with Crippen LogP contribution in [0.4, 0.5) is 10.1 Å². The number of nitriles is 1. The number of halogens is 1. The standard InChI is InChI=1S/C26H27FN6O3/c1-17-12-19-13-20(9-10-23(19)36-17)31-26(30-16-28)32-22-8-4-5-11-33(25(22)35)15-24(34)29-14-18-6-2-3-7-21(18)27/h2-3,6-7,9-10,12-13,22H,4-5,8,11,14-15H2,1H3,(H,29,34)(H2,30,31,32)/t22-/m0/s1. The van der Waals surface area contributed by atoms with Gasteiger partial charge in [-0.05, 0) is 56.5 Å². The number of likely N-dealkylation sites (tertiary alicyclic amines) is 1. The number of aryl methyl sites for hydroxylation is 1. The summed E-state index contributed by atoms with van der Waals surface area (Å²) in [5.74, 6) is -0.151. The molecule has 36 heavy (non-hydrogen) atoms. The lowest BCUT2D eigenvalue weighted by Gasteiger charge is -2.22. The highest BCUT2D eigenvalue weighted by Crippen LogP contribution is 2.23. The van der Waals surface area contributed by atoms with Crippen molar-refractivity contribution in [3.05, 3.63) is 65.7 Å². The summed E-state index contributed by atoms with van der Waals surface area (Å²) in [6.07, 6.45) is 3.81. The van der Waals surface area contributed by atoms with Gasteiger partial charge in [-0.15, -0.1) is 0 Å². The molecule has 3 aromatic rings. The maximum Gasteiger partial charge on any atom is 0.247 e. The number of nitrogens with one attached hydrogen (secondary N) is 3. The monoisotopic (exact) mass is 490 g/mol. The third-order valence-corrected chi connectivity index (χ3v) is 5.88. The average molecular weight is 491 g/mol. The second-order valence-electron chi connectivity index (χ2n) is 8.59. The van der Waals surface area contributed by atoms with Gasteiger partial charge in [0.05, 0.1) is 6.54 Å². The molecule has 3 N–H and O–H groups in total. The molecule has 2 aromatic carbocycles. The Hall–Kier alpha value is -4.39. The number of anilines is 1. The van der Waals surface area contributed by atoms with E-state index >= 15 is 0 Å². The lowest BCUT2D eigenvalue weighted by atomic mass is 10.1. The first-order valence-corrected chi connectivity index (χ1v) is 11.7. The summed E-state index contributed by atoms with van der Waals surface area (Å²) < 4.78 is 19.4. The maximum atomic E-state index is 13.8. The summed E-state index contributed by atoms with van der Waals surface area (Å²) in [6.45, 7) is 2.17. The van der Waals surface area contributed by atoms with E-state index in [-0.39, 0.29) is 30.9 Å². The first-order valence-electron chi connectivity index (χ1n) is 11.7. The van der Waals surface area contributed by atoms with E-state index in [4.69, 9.17) is 4.42 Å². The van der Waals surface area contributed by atoms with Crippen molar-refractivity contribution < 1.29 is 18.4 Å². The van der Waals surface area contributed by atoms with E-state index in [2.05, 4.69) is 20.9 Å². The summed E-state index contributed by atoms with van der Waals surface area (Å²) in [5, 5.41) is 18.3. The number of furan rings is 1. The molecule has 10 heteroatoms. The SMILES string of the molecule is Cc1cc2cc(NC(=N[C@H]3CCCCN(CC(=O)NCc4ccccc4F)C3=O)NC#N)ccc2o1. The molecule has 1 fully saturated rings. The summed E-state index contributed by atoms with van der Waals surface area (Å²) in [5.41, 5.74) is 1.79. The molecule has 0 bridgehead atoms. The zero-order valence-electron chi connectivity index (χ0n) is 19.9. The Kier molecular flexibility index (Phi) is 7.80. The van der Waals surface area contributed by atoms with E-state index in [0.29, 0.717) is 24.2 Å². The minimum Gasteiger partial charge on any atom is -0.461 e. The molecule has 1 atom stereocenters. The van der Waals surface area contributed by atoms with Gasteiger partial charge in [0.1, 0.15) is 23.2 Å². The van der Waals surface area contributed by atoms with Crippen molar-refractivity contribution in [2.45, 2.75) is 38.8 Å². The third-order valence-electron chi connectivity index (χ3n) is 5.88. The van der Waals surface area contributed by atoms with Crippen LogP contribution in [-0.2, 0) is 16.1 Å². The number of guanidine groups is 1. The molecule has 1 aromatic heterocycles. The van der Waals surface area contributed by atoms with Crippen LogP contribution >= 0.6 is 0 Å². The number of hydrogen-bond acceptors (Lipinski definition) is 5. The molecular weight excluding hydrogens is 463 g/mol. The van der Waals surface area contributed by atoms with Crippen molar-refractivity contribution in [3.63, 3.8) is 0 Å². The zero-order chi connectivity index (χ0) is 25.5. The van der Waals surface area contributed by atoms with Gasteiger partial charge in [-0.1, -0.05) is 18.2 Å². The zero-order valence-corrected chi connectivity index (χ0v) is 19.9. The maximum absolute atomic E-state index is 13.8. The van der Waals surface area contributed by atoms with Crippen LogP contribution in [0.15, 0.2) is 57.9 Å². The number of amides is 2. The normalized spacial score (nSPS) is 16.4.